The maximum Gasteiger partial charge on any atom is 0.0645 e. The van der Waals surface area contributed by atoms with Crippen molar-refractivity contribution in [3.8, 4) is 0 Å². The van der Waals surface area contributed by atoms with Gasteiger partial charge in [-0.3, -0.25) is 4.90 Å². The van der Waals surface area contributed by atoms with E-state index in [0.717, 1.165) is 43.7 Å². The van der Waals surface area contributed by atoms with Crippen LogP contribution in [0.3, 0.4) is 0 Å². The van der Waals surface area contributed by atoms with Crippen LogP contribution in [0.15, 0.2) is 28.7 Å². The summed E-state index contributed by atoms with van der Waals surface area (Å²) >= 11 is 3.57. The standard InChI is InChI=1S/C17H27BrN2O/c1-4-19-16(14-6-5-7-15(18)12-14)8-9-20-10-11-21-13-17(20,2)3/h5-7,12,16,19H,4,8-11,13H2,1-3H3. The number of nitrogens with zero attached hydrogens (tertiary/aromatic N) is 1. The van der Waals surface area contributed by atoms with E-state index in [-0.39, 0.29) is 5.54 Å². The topological polar surface area (TPSA) is 24.5 Å². The number of benzene rings is 1. The van der Waals surface area contributed by atoms with E-state index in [2.05, 4.69) is 71.2 Å². The molecule has 0 amide bonds. The summed E-state index contributed by atoms with van der Waals surface area (Å²) in [6.07, 6.45) is 1.12. The molecule has 3 nitrogen and oxygen atoms in total. The van der Waals surface area contributed by atoms with Gasteiger partial charge in [-0.15, -0.1) is 0 Å². The third-order valence-electron chi connectivity index (χ3n) is 4.21. The van der Waals surface area contributed by atoms with Crippen LogP contribution >= 0.6 is 15.9 Å². The van der Waals surface area contributed by atoms with Crippen LogP contribution < -0.4 is 5.32 Å². The van der Waals surface area contributed by atoms with Gasteiger partial charge in [-0.25, -0.2) is 0 Å². The molecule has 1 N–H and O–H groups in total. The number of ether oxygens (including phenoxy) is 1. The van der Waals surface area contributed by atoms with Gasteiger partial charge in [0.05, 0.1) is 13.2 Å². The Morgan fingerprint density at radius 3 is 2.90 bits per heavy atom. The molecule has 1 aromatic rings. The van der Waals surface area contributed by atoms with Crippen LogP contribution in [-0.2, 0) is 4.74 Å². The molecular formula is C17H27BrN2O. The normalized spacial score (nSPS) is 20.4. The van der Waals surface area contributed by atoms with E-state index in [4.69, 9.17) is 4.74 Å². The van der Waals surface area contributed by atoms with Crippen molar-refractivity contribution in [3.05, 3.63) is 34.3 Å². The molecule has 0 bridgehead atoms. The summed E-state index contributed by atoms with van der Waals surface area (Å²) in [5, 5.41) is 3.61. The van der Waals surface area contributed by atoms with E-state index in [1.54, 1.807) is 0 Å². The van der Waals surface area contributed by atoms with Crippen molar-refractivity contribution in [3.63, 3.8) is 0 Å². The van der Waals surface area contributed by atoms with Crippen molar-refractivity contribution in [2.45, 2.75) is 38.8 Å². The SMILES string of the molecule is CCNC(CCN1CCOCC1(C)C)c1cccc(Br)c1. The molecule has 4 heteroatoms. The zero-order chi connectivity index (χ0) is 15.3. The highest BCUT2D eigenvalue weighted by Crippen LogP contribution is 2.24. The third-order valence-corrected chi connectivity index (χ3v) is 4.70. The molecule has 0 radical (unpaired) electrons. The summed E-state index contributed by atoms with van der Waals surface area (Å²) < 4.78 is 6.75. The number of halogens is 1. The molecule has 0 aliphatic carbocycles. The molecule has 1 aromatic carbocycles. The van der Waals surface area contributed by atoms with Crippen molar-refractivity contribution in [1.82, 2.24) is 10.2 Å². The fourth-order valence-corrected chi connectivity index (χ4v) is 3.36. The molecule has 118 valence electrons. The Kier molecular flexibility index (Phi) is 6.23. The highest BCUT2D eigenvalue weighted by atomic mass is 79.9. The lowest BCUT2D eigenvalue weighted by Crippen LogP contribution is -2.53. The predicted octanol–water partition coefficient (Wildman–Crippen LogP) is 3.60. The highest BCUT2D eigenvalue weighted by molar-refractivity contribution is 9.10. The molecule has 21 heavy (non-hydrogen) atoms. The Morgan fingerprint density at radius 2 is 2.24 bits per heavy atom. The van der Waals surface area contributed by atoms with Crippen LogP contribution in [0.1, 0.15) is 38.8 Å². The van der Waals surface area contributed by atoms with E-state index in [0.29, 0.717) is 6.04 Å². The molecule has 1 saturated heterocycles. The van der Waals surface area contributed by atoms with Crippen LogP contribution in [0.4, 0.5) is 0 Å². The van der Waals surface area contributed by atoms with Crippen molar-refractivity contribution in [2.75, 3.05) is 32.8 Å². The van der Waals surface area contributed by atoms with E-state index >= 15 is 0 Å². The van der Waals surface area contributed by atoms with E-state index in [1.807, 2.05) is 0 Å². The third kappa shape index (κ3) is 4.78. The predicted molar refractivity (Wildman–Crippen MR) is 91.6 cm³/mol. The van der Waals surface area contributed by atoms with Crippen LogP contribution in [0.2, 0.25) is 0 Å². The second kappa shape index (κ2) is 7.73. The van der Waals surface area contributed by atoms with E-state index < -0.39 is 0 Å². The first-order valence-electron chi connectivity index (χ1n) is 7.84. The highest BCUT2D eigenvalue weighted by Gasteiger charge is 2.30. The lowest BCUT2D eigenvalue weighted by molar-refractivity contribution is -0.0521. The van der Waals surface area contributed by atoms with Gasteiger partial charge in [-0.2, -0.15) is 0 Å². The van der Waals surface area contributed by atoms with Gasteiger partial charge >= 0.3 is 0 Å². The van der Waals surface area contributed by atoms with Gasteiger partial charge in [0, 0.05) is 29.1 Å². The monoisotopic (exact) mass is 354 g/mol. The summed E-state index contributed by atoms with van der Waals surface area (Å²) in [5.74, 6) is 0. The second-order valence-corrected chi connectivity index (χ2v) is 7.22. The first-order chi connectivity index (χ1) is 10.0. The second-order valence-electron chi connectivity index (χ2n) is 6.31. The van der Waals surface area contributed by atoms with Crippen molar-refractivity contribution in [2.24, 2.45) is 0 Å². The molecule has 1 atom stereocenters. The van der Waals surface area contributed by atoms with Gasteiger partial charge in [0.2, 0.25) is 0 Å². The van der Waals surface area contributed by atoms with Crippen LogP contribution in [0.25, 0.3) is 0 Å². The van der Waals surface area contributed by atoms with Crippen molar-refractivity contribution >= 4 is 15.9 Å². The van der Waals surface area contributed by atoms with E-state index in [9.17, 15) is 0 Å². The summed E-state index contributed by atoms with van der Waals surface area (Å²) in [6.45, 7) is 11.5. The van der Waals surface area contributed by atoms with Crippen LogP contribution in [0, 0.1) is 0 Å². The quantitative estimate of drug-likeness (QED) is 0.844. The Labute approximate surface area is 137 Å². The Balaban J connectivity index is 2.00. The number of rotatable bonds is 6. The minimum absolute atomic E-state index is 0.145. The summed E-state index contributed by atoms with van der Waals surface area (Å²) in [6, 6.07) is 9.03. The number of morpholine rings is 1. The molecule has 1 unspecified atom stereocenters. The molecular weight excluding hydrogens is 328 g/mol. The van der Waals surface area contributed by atoms with Gasteiger partial charge < -0.3 is 10.1 Å². The largest absolute Gasteiger partial charge is 0.378 e. The maximum absolute atomic E-state index is 5.61. The fraction of sp³-hybridized carbons (Fsp3) is 0.647. The maximum atomic E-state index is 5.61. The van der Waals surface area contributed by atoms with Gasteiger partial charge in [-0.05, 0) is 44.5 Å². The molecule has 1 aliphatic heterocycles. The Morgan fingerprint density at radius 1 is 1.43 bits per heavy atom. The minimum Gasteiger partial charge on any atom is -0.378 e. The molecule has 1 heterocycles. The number of hydrogen-bond acceptors (Lipinski definition) is 3. The number of nitrogens with one attached hydrogen (secondary N) is 1. The first kappa shape index (κ1) is 16.9. The molecule has 1 aliphatic rings. The molecule has 0 saturated carbocycles. The minimum atomic E-state index is 0.145. The molecule has 0 aromatic heterocycles. The lowest BCUT2D eigenvalue weighted by atomic mass is 9.99. The zero-order valence-electron chi connectivity index (χ0n) is 13.4. The van der Waals surface area contributed by atoms with E-state index in [1.165, 1.54) is 5.56 Å². The lowest BCUT2D eigenvalue weighted by Gasteiger charge is -2.42. The Bertz CT molecular complexity index is 450. The van der Waals surface area contributed by atoms with Crippen LogP contribution in [-0.4, -0.2) is 43.3 Å². The fourth-order valence-electron chi connectivity index (χ4n) is 2.95. The Hall–Kier alpha value is -0.420. The summed E-state index contributed by atoms with van der Waals surface area (Å²) in [4.78, 5) is 2.55. The van der Waals surface area contributed by atoms with Crippen molar-refractivity contribution in [1.29, 1.82) is 0 Å². The average molecular weight is 355 g/mol. The zero-order valence-corrected chi connectivity index (χ0v) is 14.9. The van der Waals surface area contributed by atoms with Crippen LogP contribution in [0.5, 0.6) is 0 Å². The van der Waals surface area contributed by atoms with Crippen molar-refractivity contribution < 1.29 is 4.74 Å². The average Bonchev–Trinajstić information content (AvgIpc) is 2.44. The first-order valence-corrected chi connectivity index (χ1v) is 8.64. The smallest absolute Gasteiger partial charge is 0.0645 e. The summed E-state index contributed by atoms with van der Waals surface area (Å²) in [7, 11) is 0. The number of hydrogen-bond donors (Lipinski definition) is 1. The molecule has 1 fully saturated rings. The van der Waals surface area contributed by atoms with Gasteiger partial charge in [0.15, 0.2) is 0 Å². The van der Waals surface area contributed by atoms with Gasteiger partial charge in [-0.1, -0.05) is 35.0 Å². The van der Waals surface area contributed by atoms with Gasteiger partial charge in [0.25, 0.3) is 0 Å². The summed E-state index contributed by atoms with van der Waals surface area (Å²) in [5.41, 5.74) is 1.50. The molecule has 2 rings (SSSR count). The molecule has 0 spiro atoms. The van der Waals surface area contributed by atoms with Gasteiger partial charge in [0.1, 0.15) is 0 Å².